The van der Waals surface area contributed by atoms with Gasteiger partial charge in [-0.1, -0.05) is 38.1 Å². The molecular weight excluding hydrogens is 210 g/mol. The fraction of sp³-hybridized carbons (Fsp3) is 0.600. The second-order valence-corrected chi connectivity index (χ2v) is 5.40. The zero-order valence-electron chi connectivity index (χ0n) is 10.9. The molecule has 2 N–H and O–H groups in total. The van der Waals surface area contributed by atoms with E-state index in [9.17, 15) is 0 Å². The van der Waals surface area contributed by atoms with Crippen molar-refractivity contribution in [2.45, 2.75) is 45.3 Å². The minimum absolute atomic E-state index is 0.438. The molecule has 0 amide bonds. The maximum absolute atomic E-state index is 5.84. The summed E-state index contributed by atoms with van der Waals surface area (Å²) in [6, 6.07) is 8.75. The normalized spacial score (nSPS) is 23.8. The van der Waals surface area contributed by atoms with Crippen molar-refractivity contribution in [2.24, 2.45) is 11.7 Å². The van der Waals surface area contributed by atoms with Crippen molar-refractivity contribution in [2.75, 3.05) is 6.54 Å². The highest BCUT2D eigenvalue weighted by Crippen LogP contribution is 2.29. The topological polar surface area (TPSA) is 35.2 Å². The number of ether oxygens (including phenoxy) is 1. The van der Waals surface area contributed by atoms with E-state index in [1.165, 1.54) is 11.1 Å². The lowest BCUT2D eigenvalue weighted by molar-refractivity contribution is -0.0376. The number of rotatable bonds is 5. The van der Waals surface area contributed by atoms with Crippen molar-refractivity contribution >= 4 is 0 Å². The van der Waals surface area contributed by atoms with Crippen LogP contribution < -0.4 is 5.73 Å². The summed E-state index contributed by atoms with van der Waals surface area (Å²) < 4.78 is 5.84. The van der Waals surface area contributed by atoms with Crippen LogP contribution in [0, 0.1) is 5.92 Å². The Labute approximate surface area is 104 Å². The largest absolute Gasteiger partial charge is 0.374 e. The van der Waals surface area contributed by atoms with E-state index < -0.39 is 0 Å². The first-order chi connectivity index (χ1) is 8.19. The molecule has 1 aliphatic rings. The van der Waals surface area contributed by atoms with Crippen LogP contribution in [0.15, 0.2) is 24.3 Å². The standard InChI is InChI=1S/C15H23NO/c1-11(2)14-5-3-12(4-6-14)10-17-15-7-13(8-15)9-16/h3-6,11,13,15H,7-10,16H2,1-2H3. The van der Waals surface area contributed by atoms with Crippen molar-refractivity contribution in [1.29, 1.82) is 0 Å². The maximum atomic E-state index is 5.84. The Hall–Kier alpha value is -0.860. The third-order valence-corrected chi connectivity index (χ3v) is 3.66. The van der Waals surface area contributed by atoms with E-state index in [2.05, 4.69) is 38.1 Å². The Kier molecular flexibility index (Phi) is 4.19. The smallest absolute Gasteiger partial charge is 0.0720 e. The molecule has 1 saturated carbocycles. The van der Waals surface area contributed by atoms with Gasteiger partial charge in [-0.15, -0.1) is 0 Å². The van der Waals surface area contributed by atoms with Crippen LogP contribution in [0.25, 0.3) is 0 Å². The fourth-order valence-electron chi connectivity index (χ4n) is 2.22. The highest BCUT2D eigenvalue weighted by atomic mass is 16.5. The van der Waals surface area contributed by atoms with E-state index in [-0.39, 0.29) is 0 Å². The molecule has 17 heavy (non-hydrogen) atoms. The second-order valence-electron chi connectivity index (χ2n) is 5.40. The monoisotopic (exact) mass is 233 g/mol. The van der Waals surface area contributed by atoms with E-state index in [0.29, 0.717) is 17.9 Å². The molecule has 2 nitrogen and oxygen atoms in total. The van der Waals surface area contributed by atoms with Crippen LogP contribution >= 0.6 is 0 Å². The predicted molar refractivity (Wildman–Crippen MR) is 70.9 cm³/mol. The molecule has 0 bridgehead atoms. The minimum atomic E-state index is 0.438. The minimum Gasteiger partial charge on any atom is -0.374 e. The van der Waals surface area contributed by atoms with Crippen molar-refractivity contribution < 1.29 is 4.74 Å². The first-order valence-corrected chi connectivity index (χ1v) is 6.59. The highest BCUT2D eigenvalue weighted by molar-refractivity contribution is 5.24. The van der Waals surface area contributed by atoms with Gasteiger partial charge in [-0.2, -0.15) is 0 Å². The van der Waals surface area contributed by atoms with E-state index in [1.807, 2.05) is 0 Å². The van der Waals surface area contributed by atoms with Gasteiger partial charge in [0.15, 0.2) is 0 Å². The lowest BCUT2D eigenvalue weighted by atomic mass is 9.82. The summed E-state index contributed by atoms with van der Waals surface area (Å²) in [5, 5.41) is 0. The van der Waals surface area contributed by atoms with Crippen LogP contribution in [-0.2, 0) is 11.3 Å². The Morgan fingerprint density at radius 2 is 1.88 bits per heavy atom. The van der Waals surface area contributed by atoms with Crippen LogP contribution in [0.4, 0.5) is 0 Å². The van der Waals surface area contributed by atoms with Gasteiger partial charge in [0.2, 0.25) is 0 Å². The molecular formula is C15H23NO. The van der Waals surface area contributed by atoms with Gasteiger partial charge in [-0.05, 0) is 42.3 Å². The van der Waals surface area contributed by atoms with Crippen LogP contribution in [0.1, 0.15) is 43.7 Å². The van der Waals surface area contributed by atoms with Crippen LogP contribution in [0.2, 0.25) is 0 Å². The summed E-state index contributed by atoms with van der Waals surface area (Å²) in [4.78, 5) is 0. The first kappa shape index (κ1) is 12.6. The summed E-state index contributed by atoms with van der Waals surface area (Å²) in [6.45, 7) is 5.98. The molecule has 0 radical (unpaired) electrons. The summed E-state index contributed by atoms with van der Waals surface area (Å²) in [6.07, 6.45) is 2.72. The molecule has 2 rings (SSSR count). The van der Waals surface area contributed by atoms with E-state index in [4.69, 9.17) is 10.5 Å². The van der Waals surface area contributed by atoms with E-state index in [0.717, 1.165) is 26.0 Å². The molecule has 0 aromatic heterocycles. The SMILES string of the molecule is CC(C)c1ccc(COC2CC(CN)C2)cc1. The molecule has 1 fully saturated rings. The number of hydrogen-bond acceptors (Lipinski definition) is 2. The zero-order chi connectivity index (χ0) is 12.3. The van der Waals surface area contributed by atoms with Crippen LogP contribution in [0.5, 0.6) is 0 Å². The fourth-order valence-corrected chi connectivity index (χ4v) is 2.22. The molecule has 0 spiro atoms. The van der Waals surface area contributed by atoms with Gasteiger partial charge < -0.3 is 10.5 Å². The summed E-state index contributed by atoms with van der Waals surface area (Å²) in [5.74, 6) is 1.30. The van der Waals surface area contributed by atoms with Gasteiger partial charge in [0.05, 0.1) is 12.7 Å². The third kappa shape index (κ3) is 3.30. The summed E-state index contributed by atoms with van der Waals surface area (Å²) in [5.41, 5.74) is 8.25. The van der Waals surface area contributed by atoms with Gasteiger partial charge in [-0.25, -0.2) is 0 Å². The van der Waals surface area contributed by atoms with Crippen molar-refractivity contribution in [1.82, 2.24) is 0 Å². The first-order valence-electron chi connectivity index (χ1n) is 6.59. The Bertz CT molecular complexity index is 338. The third-order valence-electron chi connectivity index (χ3n) is 3.66. The molecule has 0 atom stereocenters. The van der Waals surface area contributed by atoms with Gasteiger partial charge in [-0.3, -0.25) is 0 Å². The number of benzene rings is 1. The van der Waals surface area contributed by atoms with Gasteiger partial charge in [0.25, 0.3) is 0 Å². The Morgan fingerprint density at radius 3 is 2.41 bits per heavy atom. The van der Waals surface area contributed by atoms with Crippen molar-refractivity contribution in [3.8, 4) is 0 Å². The van der Waals surface area contributed by atoms with Crippen molar-refractivity contribution in [3.05, 3.63) is 35.4 Å². The van der Waals surface area contributed by atoms with E-state index in [1.54, 1.807) is 0 Å². The van der Waals surface area contributed by atoms with Crippen LogP contribution in [0.3, 0.4) is 0 Å². The maximum Gasteiger partial charge on any atom is 0.0720 e. The lowest BCUT2D eigenvalue weighted by Crippen LogP contribution is -2.35. The van der Waals surface area contributed by atoms with E-state index >= 15 is 0 Å². The molecule has 1 aromatic rings. The van der Waals surface area contributed by atoms with Gasteiger partial charge in [0, 0.05) is 0 Å². The Morgan fingerprint density at radius 1 is 1.24 bits per heavy atom. The molecule has 2 heteroatoms. The van der Waals surface area contributed by atoms with Gasteiger partial charge >= 0.3 is 0 Å². The van der Waals surface area contributed by atoms with Crippen molar-refractivity contribution in [3.63, 3.8) is 0 Å². The predicted octanol–water partition coefficient (Wildman–Crippen LogP) is 3.06. The van der Waals surface area contributed by atoms with Crippen LogP contribution in [-0.4, -0.2) is 12.6 Å². The number of nitrogens with two attached hydrogens (primary N) is 1. The summed E-state index contributed by atoms with van der Waals surface area (Å²) in [7, 11) is 0. The summed E-state index contributed by atoms with van der Waals surface area (Å²) >= 11 is 0. The molecule has 1 aromatic carbocycles. The molecule has 0 saturated heterocycles. The molecule has 0 unspecified atom stereocenters. The zero-order valence-corrected chi connectivity index (χ0v) is 10.9. The molecule has 94 valence electrons. The average molecular weight is 233 g/mol. The second kappa shape index (κ2) is 5.65. The van der Waals surface area contributed by atoms with Gasteiger partial charge in [0.1, 0.15) is 0 Å². The average Bonchev–Trinajstić information content (AvgIpc) is 2.28. The Balaban J connectivity index is 1.76. The molecule has 0 aliphatic heterocycles. The highest BCUT2D eigenvalue weighted by Gasteiger charge is 2.28. The molecule has 1 aliphatic carbocycles. The quantitative estimate of drug-likeness (QED) is 0.848. The lowest BCUT2D eigenvalue weighted by Gasteiger charge is -2.34. The molecule has 0 heterocycles. The number of hydrogen-bond donors (Lipinski definition) is 1.